The van der Waals surface area contributed by atoms with E-state index < -0.39 is 77.6 Å². The third-order valence-electron chi connectivity index (χ3n) is 6.67. The highest BCUT2D eigenvalue weighted by molar-refractivity contribution is 8.72. The highest BCUT2D eigenvalue weighted by Gasteiger charge is 2.56. The molecule has 1 heterocycles. The Balaban J connectivity index is 1.76. The number of carbonyl (C=O) groups excluding carboxylic acids is 3. The summed E-state index contributed by atoms with van der Waals surface area (Å²) >= 11 is 5.80. The zero-order valence-electron chi connectivity index (χ0n) is 25.1. The number of esters is 1. The Morgan fingerprint density at radius 2 is 1.51 bits per heavy atom. The van der Waals surface area contributed by atoms with Gasteiger partial charge in [-0.05, 0) is 35.4 Å². The van der Waals surface area contributed by atoms with Crippen LogP contribution in [0.15, 0.2) is 101 Å². The van der Waals surface area contributed by atoms with Crippen molar-refractivity contribution in [1.82, 2.24) is 10.2 Å². The molecule has 0 aliphatic carbocycles. The number of allylic oxidation sites excluding steroid dienone is 1. The van der Waals surface area contributed by atoms with Gasteiger partial charge in [0.15, 0.2) is 11.5 Å². The molecule has 3 aromatic carbocycles. The number of nitrogens with one attached hydrogen (secondary N) is 1. The number of hydrogen-bond donors (Lipinski definition) is 1. The van der Waals surface area contributed by atoms with Crippen LogP contribution in [0, 0.1) is 0 Å². The molecule has 12 nitrogen and oxygen atoms in total. The largest absolute Gasteiger partial charge is 0.534 e. The Bertz CT molecular complexity index is 1930. The lowest BCUT2D eigenvalue weighted by molar-refractivity contribution is -0.153. The fraction of sp³-hybridized carbons (Fsp3) is 0.233. The van der Waals surface area contributed by atoms with Crippen LogP contribution in [0.5, 0.6) is 5.75 Å². The number of carbonyl (C=O) groups is 3. The quantitative estimate of drug-likeness (QED) is 0.0368. The van der Waals surface area contributed by atoms with Gasteiger partial charge in [0.05, 0.1) is 24.3 Å². The van der Waals surface area contributed by atoms with Crippen molar-refractivity contribution in [3.8, 4) is 5.75 Å². The Kier molecular flexibility index (Phi) is 11.9. The number of amides is 2. The predicted octanol–water partition coefficient (Wildman–Crippen LogP) is 4.07. The van der Waals surface area contributed by atoms with Gasteiger partial charge in [-0.2, -0.15) is 21.6 Å². The smallest absolute Gasteiger partial charge is 0.497 e. The third kappa shape index (κ3) is 9.05. The van der Waals surface area contributed by atoms with E-state index >= 15 is 0 Å². The molecule has 1 aliphatic heterocycles. The molecule has 0 radical (unpaired) electrons. The lowest BCUT2D eigenvalue weighted by atomic mass is 10.0. The fourth-order valence-corrected chi connectivity index (χ4v) is 8.53. The number of rotatable bonds is 14. The summed E-state index contributed by atoms with van der Waals surface area (Å²) < 4.78 is 105. The second-order valence-corrected chi connectivity index (χ2v) is 15.7. The summed E-state index contributed by atoms with van der Waals surface area (Å²) in [6, 6.07) is 19.3. The molecule has 0 aromatic heterocycles. The number of methoxy groups -OCH3 is 1. The second kappa shape index (κ2) is 15.5. The Labute approximate surface area is 287 Å². The lowest BCUT2D eigenvalue weighted by Crippen LogP contribution is -2.70. The van der Waals surface area contributed by atoms with E-state index in [0.717, 1.165) is 0 Å². The first-order chi connectivity index (χ1) is 23.1. The minimum atomic E-state index is -6.46. The highest BCUT2D eigenvalue weighted by atomic mass is 35.5. The van der Waals surface area contributed by atoms with Crippen LogP contribution in [0.1, 0.15) is 11.1 Å². The van der Waals surface area contributed by atoms with E-state index in [4.69, 9.17) is 21.1 Å². The molecule has 1 N–H and O–H groups in total. The number of likely N-dealkylation sites (tertiary alicyclic amines) is 1. The monoisotopic (exact) mass is 762 g/mol. The van der Waals surface area contributed by atoms with Crippen molar-refractivity contribution >= 4 is 59.2 Å². The minimum Gasteiger partial charge on any atom is -0.497 e. The average Bonchev–Trinajstić information content (AvgIpc) is 3.07. The third-order valence-corrected chi connectivity index (χ3v) is 11.6. The summed E-state index contributed by atoms with van der Waals surface area (Å²) in [7, 11) is -9.39. The van der Waals surface area contributed by atoms with Crippen LogP contribution in [0.4, 0.5) is 13.2 Å². The van der Waals surface area contributed by atoms with Crippen molar-refractivity contribution in [1.29, 1.82) is 0 Å². The molecule has 2 amide bonds. The van der Waals surface area contributed by atoms with Gasteiger partial charge in [-0.15, -0.1) is 11.6 Å². The van der Waals surface area contributed by atoms with Crippen LogP contribution in [0.3, 0.4) is 0 Å². The number of alkyl halides is 4. The van der Waals surface area contributed by atoms with Crippen molar-refractivity contribution in [2.24, 2.45) is 0 Å². The Morgan fingerprint density at radius 1 is 0.918 bits per heavy atom. The molecule has 0 bridgehead atoms. The highest BCUT2D eigenvalue weighted by Crippen LogP contribution is 2.41. The number of halogens is 4. The maximum atomic E-state index is 13.6. The summed E-state index contributed by atoms with van der Waals surface area (Å²) in [6.07, 6.45) is -0.250. The normalized spacial score (nSPS) is 17.0. The standard InChI is InChI=1S/C30H26ClF3N2O10S3/c1-44-21-14-12-20(13-15-21)18-45-29(39)26(23(17-31)46-49(42,43)30(32,33)34)36-27(38)25(35-24(37)16-19-8-4-2-5-9-19)28(36)47-48(40,41)22-10-6-3-7-11-22/h2-15,25,28H,16-18H2,1H3,(H,35,37)/b26-23-/t25-,28-/m1/s1. The van der Waals surface area contributed by atoms with Crippen molar-refractivity contribution < 1.29 is 58.0 Å². The van der Waals surface area contributed by atoms with Crippen molar-refractivity contribution in [3.05, 3.63) is 108 Å². The van der Waals surface area contributed by atoms with Gasteiger partial charge in [-0.25, -0.2) is 13.2 Å². The number of β-lactam (4-membered cyclic amide) rings is 1. The molecule has 19 heteroatoms. The molecule has 1 aliphatic rings. The maximum absolute atomic E-state index is 13.6. The van der Waals surface area contributed by atoms with Crippen LogP contribution in [-0.4, -0.2) is 69.4 Å². The van der Waals surface area contributed by atoms with E-state index in [-0.39, 0.29) is 22.1 Å². The zero-order valence-corrected chi connectivity index (χ0v) is 28.3. The van der Waals surface area contributed by atoms with Gasteiger partial charge in [0.25, 0.3) is 5.91 Å². The van der Waals surface area contributed by atoms with Gasteiger partial charge in [0, 0.05) is 10.8 Å². The number of ether oxygens (including phenoxy) is 2. The number of benzene rings is 3. The van der Waals surface area contributed by atoms with Crippen molar-refractivity contribution in [2.75, 3.05) is 13.0 Å². The summed E-state index contributed by atoms with van der Waals surface area (Å²) in [5.41, 5.74) is -6.35. The SMILES string of the molecule is COc1ccc(COC(=O)/C(=C(\CCl)OS(=O)(=O)C(F)(F)F)N2C(=O)[C@@H](NC(=O)Cc3ccccc3)[C@H]2SS(=O)(=O)c2ccccc2)cc1. The van der Waals surface area contributed by atoms with Crippen molar-refractivity contribution in [3.63, 3.8) is 0 Å². The molecule has 4 rings (SSSR count). The molecule has 3 aromatic rings. The lowest BCUT2D eigenvalue weighted by Gasteiger charge is -2.46. The fourth-order valence-electron chi connectivity index (χ4n) is 4.30. The first-order valence-electron chi connectivity index (χ1n) is 13.8. The molecule has 1 saturated heterocycles. The summed E-state index contributed by atoms with van der Waals surface area (Å²) in [4.78, 5) is 40.2. The predicted molar refractivity (Wildman–Crippen MR) is 171 cm³/mol. The molecular formula is C30H26ClF3N2O10S3. The van der Waals surface area contributed by atoms with Crippen LogP contribution >= 0.6 is 22.4 Å². The van der Waals surface area contributed by atoms with E-state index in [1.807, 2.05) is 0 Å². The van der Waals surface area contributed by atoms with E-state index in [1.54, 1.807) is 30.3 Å². The zero-order chi connectivity index (χ0) is 36.0. The Morgan fingerprint density at radius 3 is 2.06 bits per heavy atom. The van der Waals surface area contributed by atoms with Gasteiger partial charge >= 0.3 is 21.6 Å². The molecule has 1 fully saturated rings. The van der Waals surface area contributed by atoms with Gasteiger partial charge < -0.3 is 19.0 Å². The van der Waals surface area contributed by atoms with Gasteiger partial charge in [0.1, 0.15) is 23.8 Å². The van der Waals surface area contributed by atoms with E-state index in [9.17, 15) is 44.4 Å². The van der Waals surface area contributed by atoms with Crippen LogP contribution in [-0.2, 0) is 55.3 Å². The average molecular weight is 763 g/mol. The second-order valence-electron chi connectivity index (χ2n) is 9.98. The summed E-state index contributed by atoms with van der Waals surface area (Å²) in [6.45, 7) is -0.548. The van der Waals surface area contributed by atoms with E-state index in [0.29, 0.717) is 21.8 Å². The Hall–Kier alpha value is -4.26. The van der Waals surface area contributed by atoms with E-state index in [1.165, 1.54) is 61.7 Å². The minimum absolute atomic E-state index is 0.0622. The molecule has 262 valence electrons. The first kappa shape index (κ1) is 37.6. The first-order valence-corrected chi connectivity index (χ1v) is 18.6. The van der Waals surface area contributed by atoms with E-state index in [2.05, 4.69) is 9.50 Å². The molecule has 2 atom stereocenters. The molecule has 0 saturated carbocycles. The molecular weight excluding hydrogens is 737 g/mol. The number of hydrogen-bond acceptors (Lipinski definition) is 11. The van der Waals surface area contributed by atoms with Crippen LogP contribution in [0.2, 0.25) is 0 Å². The molecule has 0 unspecified atom stereocenters. The summed E-state index contributed by atoms with van der Waals surface area (Å²) in [5, 5.41) is 0.633. The van der Waals surface area contributed by atoms with Crippen LogP contribution in [0.25, 0.3) is 0 Å². The molecule has 49 heavy (non-hydrogen) atoms. The van der Waals surface area contributed by atoms with Gasteiger partial charge in [-0.3, -0.25) is 14.5 Å². The van der Waals surface area contributed by atoms with Gasteiger partial charge in [0.2, 0.25) is 14.8 Å². The maximum Gasteiger partial charge on any atom is 0.534 e. The van der Waals surface area contributed by atoms with Crippen LogP contribution < -0.4 is 10.1 Å². The number of nitrogens with zero attached hydrogens (tertiary/aromatic N) is 1. The van der Waals surface area contributed by atoms with Gasteiger partial charge in [-0.1, -0.05) is 60.7 Å². The topological polar surface area (TPSA) is 162 Å². The van der Waals surface area contributed by atoms with Crippen molar-refractivity contribution in [2.45, 2.75) is 34.8 Å². The molecule has 0 spiro atoms. The summed E-state index contributed by atoms with van der Waals surface area (Å²) in [5.74, 6) is -5.70.